The largest absolute Gasteiger partial charge is 0.334 e. The van der Waals surface area contributed by atoms with Crippen molar-refractivity contribution < 1.29 is 14.5 Å². The summed E-state index contributed by atoms with van der Waals surface area (Å²) < 4.78 is 1.61. The summed E-state index contributed by atoms with van der Waals surface area (Å²) in [5, 5.41) is 7.37. The van der Waals surface area contributed by atoms with E-state index in [9.17, 15) is 9.59 Å². The first kappa shape index (κ1) is 19.8. The third-order valence-electron chi connectivity index (χ3n) is 5.42. The van der Waals surface area contributed by atoms with Gasteiger partial charge in [0, 0.05) is 5.56 Å². The van der Waals surface area contributed by atoms with Crippen molar-refractivity contribution in [2.75, 3.05) is 38.5 Å². The van der Waals surface area contributed by atoms with Gasteiger partial charge in [-0.1, -0.05) is 35.9 Å². The Labute approximate surface area is 175 Å². The quantitative estimate of drug-likeness (QED) is 0.691. The van der Waals surface area contributed by atoms with Crippen LogP contribution in [0.5, 0.6) is 0 Å². The standard InChI is InChI=1S/C23H25N5O2/c1-17-7-6-8-18(15-17)22(29)25-21-20(23(30)27-13-11-26(2)12-14-27)16-24-28(21)19-9-4-3-5-10-19/h3-10,15-16H,11-14H2,1-2H3,(H,25,29)/p+1. The van der Waals surface area contributed by atoms with E-state index in [-0.39, 0.29) is 11.8 Å². The highest BCUT2D eigenvalue weighted by Crippen LogP contribution is 2.23. The Kier molecular flexibility index (Phi) is 5.63. The van der Waals surface area contributed by atoms with Crippen LogP contribution >= 0.6 is 0 Å². The van der Waals surface area contributed by atoms with E-state index in [2.05, 4.69) is 17.5 Å². The topological polar surface area (TPSA) is 71.7 Å². The van der Waals surface area contributed by atoms with Crippen LogP contribution in [0.25, 0.3) is 5.69 Å². The fourth-order valence-corrected chi connectivity index (χ4v) is 3.62. The van der Waals surface area contributed by atoms with Crippen LogP contribution in [0.3, 0.4) is 0 Å². The summed E-state index contributed by atoms with van der Waals surface area (Å²) in [6.07, 6.45) is 1.55. The predicted octanol–water partition coefficient (Wildman–Crippen LogP) is 1.40. The van der Waals surface area contributed by atoms with Crippen LogP contribution in [-0.4, -0.2) is 59.7 Å². The number of nitrogens with zero attached hydrogens (tertiary/aromatic N) is 3. The lowest BCUT2D eigenvalue weighted by Crippen LogP contribution is -3.12. The molecule has 0 aliphatic carbocycles. The molecule has 1 aromatic heterocycles. The van der Waals surface area contributed by atoms with Crippen molar-refractivity contribution in [3.05, 3.63) is 77.5 Å². The van der Waals surface area contributed by atoms with Gasteiger partial charge in [0.1, 0.15) is 11.4 Å². The van der Waals surface area contributed by atoms with Gasteiger partial charge in [-0.25, -0.2) is 4.68 Å². The molecule has 0 bridgehead atoms. The molecule has 30 heavy (non-hydrogen) atoms. The Morgan fingerprint density at radius 1 is 1.03 bits per heavy atom. The van der Waals surface area contributed by atoms with E-state index in [1.807, 2.05) is 60.4 Å². The lowest BCUT2D eigenvalue weighted by atomic mass is 10.1. The molecule has 2 heterocycles. The van der Waals surface area contributed by atoms with E-state index in [0.29, 0.717) is 30.0 Å². The summed E-state index contributed by atoms with van der Waals surface area (Å²) in [7, 11) is 2.13. The maximum absolute atomic E-state index is 13.3. The van der Waals surface area contributed by atoms with Crippen LogP contribution in [0.15, 0.2) is 60.8 Å². The van der Waals surface area contributed by atoms with Gasteiger partial charge in [0.25, 0.3) is 11.8 Å². The van der Waals surface area contributed by atoms with E-state index in [0.717, 1.165) is 24.3 Å². The number of likely N-dealkylation sites (N-methyl/N-ethyl adjacent to an activating group) is 1. The van der Waals surface area contributed by atoms with Crippen molar-refractivity contribution in [2.24, 2.45) is 0 Å². The van der Waals surface area contributed by atoms with Crippen LogP contribution in [0, 0.1) is 6.92 Å². The number of anilines is 1. The molecular weight excluding hydrogens is 378 g/mol. The molecule has 2 N–H and O–H groups in total. The van der Waals surface area contributed by atoms with E-state index < -0.39 is 0 Å². The second-order valence-corrected chi connectivity index (χ2v) is 7.73. The Bertz CT molecular complexity index is 1050. The molecule has 4 rings (SSSR count). The molecule has 1 fully saturated rings. The summed E-state index contributed by atoms with van der Waals surface area (Å²) in [6.45, 7) is 5.13. The van der Waals surface area contributed by atoms with E-state index in [1.54, 1.807) is 16.9 Å². The number of aromatic nitrogens is 2. The number of carbonyl (C=O) groups is 2. The SMILES string of the molecule is Cc1cccc(C(=O)Nc2c(C(=O)N3CC[NH+](C)CC3)cnn2-c2ccccc2)c1. The zero-order chi connectivity index (χ0) is 21.1. The summed E-state index contributed by atoms with van der Waals surface area (Å²) in [6, 6.07) is 16.9. The molecule has 0 unspecified atom stereocenters. The number of aryl methyl sites for hydroxylation is 1. The Hall–Kier alpha value is -3.45. The molecular formula is C23H26N5O2+. The Morgan fingerprint density at radius 3 is 2.47 bits per heavy atom. The van der Waals surface area contributed by atoms with Gasteiger partial charge in [0.2, 0.25) is 0 Å². The molecule has 0 saturated carbocycles. The highest BCUT2D eigenvalue weighted by molar-refractivity contribution is 6.08. The van der Waals surface area contributed by atoms with E-state index in [4.69, 9.17) is 0 Å². The highest BCUT2D eigenvalue weighted by atomic mass is 16.2. The zero-order valence-corrected chi connectivity index (χ0v) is 17.3. The lowest BCUT2D eigenvalue weighted by molar-refractivity contribution is -0.883. The maximum atomic E-state index is 13.3. The molecule has 2 amide bonds. The van der Waals surface area contributed by atoms with Crippen LogP contribution < -0.4 is 10.2 Å². The van der Waals surface area contributed by atoms with Gasteiger partial charge in [-0.15, -0.1) is 0 Å². The fraction of sp³-hybridized carbons (Fsp3) is 0.261. The minimum Gasteiger partial charge on any atom is -0.334 e. The summed E-state index contributed by atoms with van der Waals surface area (Å²) in [5.74, 6) is 0.0152. The van der Waals surface area contributed by atoms with Crippen LogP contribution in [-0.2, 0) is 0 Å². The third kappa shape index (κ3) is 4.11. The number of hydrogen-bond donors (Lipinski definition) is 2. The first-order chi connectivity index (χ1) is 14.5. The zero-order valence-electron chi connectivity index (χ0n) is 17.3. The molecule has 0 atom stereocenters. The van der Waals surface area contributed by atoms with Crippen LogP contribution in [0.4, 0.5) is 5.82 Å². The van der Waals surface area contributed by atoms with Gasteiger partial charge in [-0.3, -0.25) is 9.59 Å². The van der Waals surface area contributed by atoms with Gasteiger partial charge in [-0.2, -0.15) is 5.10 Å². The minimum atomic E-state index is -0.270. The number of quaternary nitrogens is 1. The van der Waals surface area contributed by atoms with Crippen molar-refractivity contribution in [1.82, 2.24) is 14.7 Å². The van der Waals surface area contributed by atoms with Crippen molar-refractivity contribution in [1.29, 1.82) is 0 Å². The number of hydrogen-bond acceptors (Lipinski definition) is 3. The third-order valence-corrected chi connectivity index (χ3v) is 5.42. The van der Waals surface area contributed by atoms with Crippen molar-refractivity contribution >= 4 is 17.6 Å². The Balaban J connectivity index is 1.69. The smallest absolute Gasteiger partial charge is 0.259 e. The summed E-state index contributed by atoms with van der Waals surface area (Å²) in [5.41, 5.74) is 2.71. The highest BCUT2D eigenvalue weighted by Gasteiger charge is 2.28. The van der Waals surface area contributed by atoms with Gasteiger partial charge in [0.05, 0.1) is 45.1 Å². The van der Waals surface area contributed by atoms with Gasteiger partial charge in [-0.05, 0) is 31.2 Å². The number of rotatable bonds is 4. The fourth-order valence-electron chi connectivity index (χ4n) is 3.62. The normalized spacial score (nSPS) is 14.5. The van der Waals surface area contributed by atoms with Crippen molar-refractivity contribution in [3.8, 4) is 5.69 Å². The summed E-state index contributed by atoms with van der Waals surface area (Å²) in [4.78, 5) is 29.5. The number of para-hydroxylation sites is 1. The molecule has 2 aromatic carbocycles. The predicted molar refractivity (Wildman–Crippen MR) is 115 cm³/mol. The number of amides is 2. The van der Waals surface area contributed by atoms with Crippen molar-refractivity contribution in [2.45, 2.75) is 6.92 Å². The lowest BCUT2D eigenvalue weighted by Gasteiger charge is -2.30. The van der Waals surface area contributed by atoms with Gasteiger partial charge < -0.3 is 15.1 Å². The second kappa shape index (κ2) is 8.51. The van der Waals surface area contributed by atoms with Gasteiger partial charge >= 0.3 is 0 Å². The molecule has 3 aromatic rings. The molecule has 1 aliphatic heterocycles. The average Bonchev–Trinajstić information content (AvgIpc) is 3.18. The number of piperazine rings is 1. The monoisotopic (exact) mass is 404 g/mol. The molecule has 1 aliphatic rings. The van der Waals surface area contributed by atoms with Crippen LogP contribution in [0.2, 0.25) is 0 Å². The van der Waals surface area contributed by atoms with Crippen LogP contribution in [0.1, 0.15) is 26.3 Å². The second-order valence-electron chi connectivity index (χ2n) is 7.73. The van der Waals surface area contributed by atoms with Crippen molar-refractivity contribution in [3.63, 3.8) is 0 Å². The number of nitrogens with one attached hydrogen (secondary N) is 2. The Morgan fingerprint density at radius 2 is 1.77 bits per heavy atom. The summed E-state index contributed by atoms with van der Waals surface area (Å²) >= 11 is 0. The minimum absolute atomic E-state index is 0.107. The molecule has 154 valence electrons. The molecule has 1 saturated heterocycles. The molecule has 7 heteroatoms. The molecule has 7 nitrogen and oxygen atoms in total. The average molecular weight is 404 g/mol. The first-order valence-electron chi connectivity index (χ1n) is 10.1. The van der Waals surface area contributed by atoms with E-state index in [1.165, 1.54) is 4.90 Å². The molecule has 0 radical (unpaired) electrons. The number of benzene rings is 2. The molecule has 0 spiro atoms. The van der Waals surface area contributed by atoms with Gasteiger partial charge in [0.15, 0.2) is 0 Å². The number of carbonyl (C=O) groups excluding carboxylic acids is 2. The first-order valence-corrected chi connectivity index (χ1v) is 10.1. The van der Waals surface area contributed by atoms with E-state index >= 15 is 0 Å². The maximum Gasteiger partial charge on any atom is 0.259 e.